The number of anilines is 1. The second-order valence-electron chi connectivity index (χ2n) is 6.70. The Morgan fingerprint density at radius 2 is 1.96 bits per heavy atom. The van der Waals surface area contributed by atoms with Crippen LogP contribution in [0.3, 0.4) is 0 Å². The predicted octanol–water partition coefficient (Wildman–Crippen LogP) is 3.20. The first-order valence-corrected chi connectivity index (χ1v) is 9.27. The van der Waals surface area contributed by atoms with E-state index in [4.69, 9.17) is 11.6 Å². The molecule has 1 fully saturated rings. The summed E-state index contributed by atoms with van der Waals surface area (Å²) in [5.74, 6) is 0.0344. The highest BCUT2D eigenvalue weighted by molar-refractivity contribution is 6.31. The van der Waals surface area contributed by atoms with Crippen molar-refractivity contribution in [2.24, 2.45) is 5.92 Å². The third kappa shape index (κ3) is 5.51. The van der Waals surface area contributed by atoms with Crippen LogP contribution in [0.1, 0.15) is 25.7 Å². The van der Waals surface area contributed by atoms with E-state index in [1.54, 1.807) is 12.7 Å². The molecule has 2 aromatic rings. The minimum absolute atomic E-state index is 0.0154. The normalized spacial score (nSPS) is 15.9. The first kappa shape index (κ1) is 18.8. The smallest absolute Gasteiger partial charge is 0.224 e. The molecule has 8 heteroatoms. The van der Waals surface area contributed by atoms with Gasteiger partial charge in [-0.15, -0.1) is 10.2 Å². The largest absolute Gasteiger partial charge is 0.326 e. The lowest BCUT2D eigenvalue weighted by atomic mass is 9.92. The van der Waals surface area contributed by atoms with Crippen LogP contribution < -0.4 is 5.32 Å². The van der Waals surface area contributed by atoms with Crippen LogP contribution in [0, 0.1) is 11.7 Å². The van der Waals surface area contributed by atoms with Gasteiger partial charge in [0, 0.05) is 25.2 Å². The fourth-order valence-electron chi connectivity index (χ4n) is 3.23. The van der Waals surface area contributed by atoms with E-state index >= 15 is 0 Å². The Bertz CT molecular complexity index is 716. The molecule has 3 rings (SSSR count). The van der Waals surface area contributed by atoms with Crippen molar-refractivity contribution in [1.82, 2.24) is 19.7 Å². The Kier molecular flexibility index (Phi) is 6.57. The van der Waals surface area contributed by atoms with Gasteiger partial charge in [-0.05, 0) is 56.5 Å². The maximum Gasteiger partial charge on any atom is 0.224 e. The SMILES string of the molecule is O=C(CCC1CCN(CCn2cnnc2)CC1)Nc1ccc(F)c(Cl)c1. The van der Waals surface area contributed by atoms with Gasteiger partial charge < -0.3 is 14.8 Å². The van der Waals surface area contributed by atoms with Crippen LogP contribution in [-0.4, -0.2) is 45.2 Å². The van der Waals surface area contributed by atoms with Gasteiger partial charge in [-0.2, -0.15) is 0 Å². The van der Waals surface area contributed by atoms with Crippen LogP contribution in [-0.2, 0) is 11.3 Å². The van der Waals surface area contributed by atoms with Gasteiger partial charge in [-0.25, -0.2) is 4.39 Å². The molecule has 0 unspecified atom stereocenters. The number of benzene rings is 1. The standard InChI is InChI=1S/C18H23ClFN5O/c19-16-11-15(2-3-17(16)20)23-18(26)4-1-14-5-7-24(8-6-14)9-10-25-12-21-22-13-25/h2-3,11-14H,1,4-10H2,(H,23,26). The van der Waals surface area contributed by atoms with Crippen LogP contribution in [0.2, 0.25) is 5.02 Å². The van der Waals surface area contributed by atoms with Crippen LogP contribution in [0.25, 0.3) is 0 Å². The second kappa shape index (κ2) is 9.09. The molecule has 1 aliphatic rings. The number of carbonyl (C=O) groups is 1. The van der Waals surface area contributed by atoms with Crippen LogP contribution >= 0.6 is 11.6 Å². The summed E-state index contributed by atoms with van der Waals surface area (Å²) in [7, 11) is 0. The molecule has 0 radical (unpaired) electrons. The number of amides is 1. The first-order chi connectivity index (χ1) is 12.6. The number of likely N-dealkylation sites (tertiary alicyclic amines) is 1. The summed E-state index contributed by atoms with van der Waals surface area (Å²) in [5, 5.41) is 10.4. The van der Waals surface area contributed by atoms with Crippen molar-refractivity contribution in [2.45, 2.75) is 32.2 Å². The number of nitrogens with one attached hydrogen (secondary N) is 1. The summed E-state index contributed by atoms with van der Waals surface area (Å²) < 4.78 is 15.1. The Morgan fingerprint density at radius 3 is 2.65 bits per heavy atom. The summed E-state index contributed by atoms with van der Waals surface area (Å²) in [5.41, 5.74) is 0.533. The van der Waals surface area contributed by atoms with E-state index < -0.39 is 5.82 Å². The minimum atomic E-state index is -0.485. The minimum Gasteiger partial charge on any atom is -0.326 e. The fraction of sp³-hybridized carbons (Fsp3) is 0.500. The lowest BCUT2D eigenvalue weighted by Crippen LogP contribution is -2.36. The molecule has 0 saturated carbocycles. The third-order valence-electron chi connectivity index (χ3n) is 4.83. The molecule has 140 valence electrons. The summed E-state index contributed by atoms with van der Waals surface area (Å²) in [6.07, 6.45) is 7.04. The lowest BCUT2D eigenvalue weighted by molar-refractivity contribution is -0.116. The first-order valence-electron chi connectivity index (χ1n) is 8.90. The Balaban J connectivity index is 1.34. The zero-order valence-corrected chi connectivity index (χ0v) is 15.3. The average Bonchev–Trinajstić information content (AvgIpc) is 3.16. The van der Waals surface area contributed by atoms with Crippen LogP contribution in [0.4, 0.5) is 10.1 Å². The van der Waals surface area contributed by atoms with Crippen molar-refractivity contribution in [3.63, 3.8) is 0 Å². The molecule has 1 aromatic heterocycles. The van der Waals surface area contributed by atoms with Gasteiger partial charge in [0.1, 0.15) is 18.5 Å². The van der Waals surface area contributed by atoms with E-state index in [2.05, 4.69) is 20.4 Å². The molecule has 1 aliphatic heterocycles. The zero-order valence-electron chi connectivity index (χ0n) is 14.6. The highest BCUT2D eigenvalue weighted by atomic mass is 35.5. The Morgan fingerprint density at radius 1 is 1.23 bits per heavy atom. The van der Waals surface area contributed by atoms with E-state index in [0.717, 1.165) is 45.4 Å². The van der Waals surface area contributed by atoms with Gasteiger partial charge in [0.2, 0.25) is 5.91 Å². The van der Waals surface area contributed by atoms with Crippen molar-refractivity contribution in [3.05, 3.63) is 41.7 Å². The number of piperidine rings is 1. The Labute approximate surface area is 157 Å². The molecule has 1 N–H and O–H groups in total. The Hall–Kier alpha value is -1.99. The molecule has 0 bridgehead atoms. The van der Waals surface area contributed by atoms with E-state index in [1.807, 2.05) is 4.57 Å². The number of halogens is 2. The lowest BCUT2D eigenvalue weighted by Gasteiger charge is -2.31. The van der Waals surface area contributed by atoms with E-state index in [0.29, 0.717) is 18.0 Å². The molecule has 26 heavy (non-hydrogen) atoms. The second-order valence-corrected chi connectivity index (χ2v) is 7.11. The van der Waals surface area contributed by atoms with Crippen molar-refractivity contribution < 1.29 is 9.18 Å². The van der Waals surface area contributed by atoms with Gasteiger partial charge in [0.05, 0.1) is 5.02 Å². The van der Waals surface area contributed by atoms with Crippen molar-refractivity contribution in [3.8, 4) is 0 Å². The van der Waals surface area contributed by atoms with Crippen LogP contribution in [0.15, 0.2) is 30.9 Å². The zero-order chi connectivity index (χ0) is 18.4. The molecule has 0 spiro atoms. The van der Waals surface area contributed by atoms with Gasteiger partial charge in [0.25, 0.3) is 0 Å². The molecule has 1 amide bonds. The molecule has 1 saturated heterocycles. The molecular weight excluding hydrogens is 357 g/mol. The third-order valence-corrected chi connectivity index (χ3v) is 5.12. The summed E-state index contributed by atoms with van der Waals surface area (Å²) in [6, 6.07) is 4.21. The summed E-state index contributed by atoms with van der Waals surface area (Å²) in [6.45, 7) is 4.01. The molecule has 1 aromatic carbocycles. The molecule has 6 nitrogen and oxygen atoms in total. The number of hydrogen-bond acceptors (Lipinski definition) is 4. The maximum absolute atomic E-state index is 13.1. The van der Waals surface area contributed by atoms with E-state index in [1.165, 1.54) is 18.2 Å². The number of hydrogen-bond donors (Lipinski definition) is 1. The molecule has 0 atom stereocenters. The van der Waals surface area contributed by atoms with Gasteiger partial charge in [0.15, 0.2) is 0 Å². The van der Waals surface area contributed by atoms with Gasteiger partial charge >= 0.3 is 0 Å². The molecular formula is C18H23ClFN5O. The fourth-order valence-corrected chi connectivity index (χ4v) is 3.41. The quantitative estimate of drug-likeness (QED) is 0.802. The molecule has 2 heterocycles. The van der Waals surface area contributed by atoms with Gasteiger partial charge in [-0.1, -0.05) is 11.6 Å². The summed E-state index contributed by atoms with van der Waals surface area (Å²) >= 11 is 5.73. The van der Waals surface area contributed by atoms with E-state index in [-0.39, 0.29) is 10.9 Å². The average molecular weight is 380 g/mol. The van der Waals surface area contributed by atoms with Crippen LogP contribution in [0.5, 0.6) is 0 Å². The van der Waals surface area contributed by atoms with Crippen molar-refractivity contribution in [1.29, 1.82) is 0 Å². The number of nitrogens with zero attached hydrogens (tertiary/aromatic N) is 4. The van der Waals surface area contributed by atoms with Crippen molar-refractivity contribution in [2.75, 3.05) is 25.0 Å². The van der Waals surface area contributed by atoms with Crippen molar-refractivity contribution >= 4 is 23.2 Å². The van der Waals surface area contributed by atoms with E-state index in [9.17, 15) is 9.18 Å². The monoisotopic (exact) mass is 379 g/mol. The topological polar surface area (TPSA) is 63.1 Å². The number of carbonyl (C=O) groups excluding carboxylic acids is 1. The number of rotatable bonds is 7. The highest BCUT2D eigenvalue weighted by Crippen LogP contribution is 2.23. The highest BCUT2D eigenvalue weighted by Gasteiger charge is 2.19. The summed E-state index contributed by atoms with van der Waals surface area (Å²) in [4.78, 5) is 14.5. The number of aromatic nitrogens is 3. The predicted molar refractivity (Wildman–Crippen MR) is 98.5 cm³/mol. The molecule has 0 aliphatic carbocycles. The van der Waals surface area contributed by atoms with Gasteiger partial charge in [-0.3, -0.25) is 4.79 Å². The maximum atomic E-state index is 13.1.